The molecule has 0 amide bonds. The van der Waals surface area contributed by atoms with E-state index < -0.39 is 18.0 Å². The summed E-state index contributed by atoms with van der Waals surface area (Å²) in [6, 6.07) is -0.937. The van der Waals surface area contributed by atoms with Crippen LogP contribution in [0.25, 0.3) is 0 Å². The van der Waals surface area contributed by atoms with Crippen LogP contribution in [0, 0.1) is 11.8 Å². The van der Waals surface area contributed by atoms with Gasteiger partial charge in [-0.1, -0.05) is 27.7 Å². The fourth-order valence-electron chi connectivity index (χ4n) is 0.937. The number of rotatable bonds is 7. The van der Waals surface area contributed by atoms with Gasteiger partial charge in [-0.3, -0.25) is 9.59 Å². The Morgan fingerprint density at radius 3 is 1.94 bits per heavy atom. The highest BCUT2D eigenvalue weighted by molar-refractivity contribution is 5.82. The van der Waals surface area contributed by atoms with Crippen molar-refractivity contribution < 1.29 is 19.1 Å². The maximum absolute atomic E-state index is 11.4. The lowest BCUT2D eigenvalue weighted by atomic mass is 10.2. The zero-order valence-corrected chi connectivity index (χ0v) is 11.1. The summed E-state index contributed by atoms with van der Waals surface area (Å²) in [5, 5.41) is 0. The Labute approximate surface area is 103 Å². The van der Waals surface area contributed by atoms with Crippen molar-refractivity contribution in [1.29, 1.82) is 0 Å². The summed E-state index contributed by atoms with van der Waals surface area (Å²) in [5.41, 5.74) is 5.54. The minimum atomic E-state index is -0.937. The molecule has 2 N–H and O–H groups in total. The first-order valence-corrected chi connectivity index (χ1v) is 5.90. The normalized spacial score (nSPS) is 12.6. The number of carbonyl (C=O) groups is 2. The molecule has 0 fully saturated rings. The van der Waals surface area contributed by atoms with E-state index in [4.69, 9.17) is 15.2 Å². The molecule has 5 heteroatoms. The summed E-state index contributed by atoms with van der Waals surface area (Å²) in [6.45, 7) is 8.37. The third-order valence-corrected chi connectivity index (χ3v) is 1.83. The van der Waals surface area contributed by atoms with E-state index in [0.29, 0.717) is 13.2 Å². The standard InChI is InChI=1S/C12H23NO4/c1-8(2)6-16-11(14)5-10(13)12(15)17-7-9(3)4/h8-10H,5-7,13H2,1-4H3. The average Bonchev–Trinajstić information content (AvgIpc) is 2.22. The summed E-state index contributed by atoms with van der Waals surface area (Å²) < 4.78 is 9.84. The molecule has 1 atom stereocenters. The van der Waals surface area contributed by atoms with Crippen LogP contribution in [0.15, 0.2) is 0 Å². The third-order valence-electron chi connectivity index (χ3n) is 1.83. The second kappa shape index (κ2) is 8.06. The highest BCUT2D eigenvalue weighted by atomic mass is 16.5. The van der Waals surface area contributed by atoms with Crippen LogP contribution in [0.4, 0.5) is 0 Å². The first kappa shape index (κ1) is 15.9. The third kappa shape index (κ3) is 8.68. The Morgan fingerprint density at radius 2 is 1.47 bits per heavy atom. The van der Waals surface area contributed by atoms with Gasteiger partial charge in [0, 0.05) is 0 Å². The molecule has 0 aromatic heterocycles. The smallest absolute Gasteiger partial charge is 0.323 e. The molecule has 100 valence electrons. The minimum absolute atomic E-state index is 0.135. The predicted molar refractivity (Wildman–Crippen MR) is 64.2 cm³/mol. The molecule has 0 bridgehead atoms. The van der Waals surface area contributed by atoms with E-state index in [0.717, 1.165) is 0 Å². The Kier molecular flexibility index (Phi) is 7.54. The van der Waals surface area contributed by atoms with E-state index in [1.165, 1.54) is 0 Å². The highest BCUT2D eigenvalue weighted by Crippen LogP contribution is 2.00. The molecule has 0 aliphatic heterocycles. The van der Waals surface area contributed by atoms with E-state index in [9.17, 15) is 9.59 Å². The van der Waals surface area contributed by atoms with Crippen LogP contribution >= 0.6 is 0 Å². The number of hydrogen-bond donors (Lipinski definition) is 1. The zero-order chi connectivity index (χ0) is 13.4. The van der Waals surface area contributed by atoms with Gasteiger partial charge in [-0.2, -0.15) is 0 Å². The van der Waals surface area contributed by atoms with Crippen LogP contribution in [0.2, 0.25) is 0 Å². The van der Waals surface area contributed by atoms with Gasteiger partial charge in [-0.15, -0.1) is 0 Å². The molecule has 17 heavy (non-hydrogen) atoms. The minimum Gasteiger partial charge on any atom is -0.465 e. The zero-order valence-electron chi connectivity index (χ0n) is 11.1. The van der Waals surface area contributed by atoms with Gasteiger partial charge in [0.15, 0.2) is 0 Å². The molecule has 0 radical (unpaired) electrons. The number of ether oxygens (including phenoxy) is 2. The summed E-state index contributed by atoms with van der Waals surface area (Å²) in [6.07, 6.45) is -0.135. The van der Waals surface area contributed by atoms with Crippen LogP contribution in [0.3, 0.4) is 0 Å². The molecule has 0 saturated carbocycles. The van der Waals surface area contributed by atoms with Gasteiger partial charge in [0.2, 0.25) is 0 Å². The maximum Gasteiger partial charge on any atom is 0.323 e. The van der Waals surface area contributed by atoms with Crippen LogP contribution in [0.1, 0.15) is 34.1 Å². The number of esters is 2. The molecule has 0 rings (SSSR count). The van der Waals surface area contributed by atoms with Crippen molar-refractivity contribution in [3.63, 3.8) is 0 Å². The molecule has 1 unspecified atom stereocenters. The summed E-state index contributed by atoms with van der Waals surface area (Å²) in [5.74, 6) is -0.505. The first-order chi connectivity index (χ1) is 7.82. The SMILES string of the molecule is CC(C)COC(=O)CC(N)C(=O)OCC(C)C. The molecule has 0 aromatic carbocycles. The molecule has 0 spiro atoms. The summed E-state index contributed by atoms with van der Waals surface area (Å²) in [4.78, 5) is 22.7. The lowest BCUT2D eigenvalue weighted by Crippen LogP contribution is -2.35. The van der Waals surface area contributed by atoms with Crippen molar-refractivity contribution >= 4 is 11.9 Å². The molecule has 0 aromatic rings. The molecule has 5 nitrogen and oxygen atoms in total. The van der Waals surface area contributed by atoms with Gasteiger partial charge in [-0.25, -0.2) is 0 Å². The largest absolute Gasteiger partial charge is 0.465 e. The quantitative estimate of drug-likeness (QED) is 0.679. The first-order valence-electron chi connectivity index (χ1n) is 5.90. The van der Waals surface area contributed by atoms with Gasteiger partial charge in [0.05, 0.1) is 19.6 Å². The Hall–Kier alpha value is -1.10. The van der Waals surface area contributed by atoms with Crippen LogP contribution in [-0.2, 0) is 19.1 Å². The predicted octanol–water partition coefficient (Wildman–Crippen LogP) is 1.10. The number of carbonyl (C=O) groups excluding carboxylic acids is 2. The summed E-state index contributed by atoms with van der Waals surface area (Å²) >= 11 is 0. The van der Waals surface area contributed by atoms with Crippen molar-refractivity contribution in [3.05, 3.63) is 0 Å². The maximum atomic E-state index is 11.4. The van der Waals surface area contributed by atoms with Crippen molar-refractivity contribution in [1.82, 2.24) is 0 Å². The van der Waals surface area contributed by atoms with E-state index in [2.05, 4.69) is 0 Å². The molecular formula is C12H23NO4. The summed E-state index contributed by atoms with van der Waals surface area (Å²) in [7, 11) is 0. The fraction of sp³-hybridized carbons (Fsp3) is 0.833. The van der Waals surface area contributed by atoms with E-state index in [1.54, 1.807) is 0 Å². The van der Waals surface area contributed by atoms with Crippen molar-refractivity contribution in [2.45, 2.75) is 40.2 Å². The van der Waals surface area contributed by atoms with Gasteiger partial charge in [-0.05, 0) is 11.8 Å². The van der Waals surface area contributed by atoms with Crippen LogP contribution in [-0.4, -0.2) is 31.2 Å². The van der Waals surface area contributed by atoms with Crippen molar-refractivity contribution in [3.8, 4) is 0 Å². The van der Waals surface area contributed by atoms with E-state index in [1.807, 2.05) is 27.7 Å². The lowest BCUT2D eigenvalue weighted by Gasteiger charge is -2.13. The van der Waals surface area contributed by atoms with Crippen molar-refractivity contribution in [2.24, 2.45) is 17.6 Å². The van der Waals surface area contributed by atoms with Gasteiger partial charge in [0.25, 0.3) is 0 Å². The second-order valence-electron chi connectivity index (χ2n) is 4.91. The second-order valence-corrected chi connectivity index (χ2v) is 4.91. The fourth-order valence-corrected chi connectivity index (χ4v) is 0.937. The van der Waals surface area contributed by atoms with E-state index >= 15 is 0 Å². The molecule has 0 saturated heterocycles. The number of hydrogen-bond acceptors (Lipinski definition) is 5. The Morgan fingerprint density at radius 1 is 1.00 bits per heavy atom. The van der Waals surface area contributed by atoms with E-state index in [-0.39, 0.29) is 18.3 Å². The van der Waals surface area contributed by atoms with Gasteiger partial charge >= 0.3 is 11.9 Å². The lowest BCUT2D eigenvalue weighted by molar-refractivity contribution is -0.152. The molecule has 0 aliphatic rings. The average molecular weight is 245 g/mol. The number of nitrogens with two attached hydrogens (primary N) is 1. The highest BCUT2D eigenvalue weighted by Gasteiger charge is 2.20. The monoisotopic (exact) mass is 245 g/mol. The van der Waals surface area contributed by atoms with Crippen LogP contribution in [0.5, 0.6) is 0 Å². The molecule has 0 aliphatic carbocycles. The van der Waals surface area contributed by atoms with Gasteiger partial charge < -0.3 is 15.2 Å². The Bertz CT molecular complexity index is 251. The van der Waals surface area contributed by atoms with Crippen LogP contribution < -0.4 is 5.73 Å². The topological polar surface area (TPSA) is 78.6 Å². The van der Waals surface area contributed by atoms with Gasteiger partial charge in [0.1, 0.15) is 6.04 Å². The van der Waals surface area contributed by atoms with Crippen molar-refractivity contribution in [2.75, 3.05) is 13.2 Å². The Balaban J connectivity index is 3.86. The molecular weight excluding hydrogens is 222 g/mol. The molecule has 0 heterocycles.